The number of hydrogen-bond acceptors (Lipinski definition) is 3. The number of sulfonamides is 1. The Morgan fingerprint density at radius 2 is 1.54 bits per heavy atom. The van der Waals surface area contributed by atoms with Crippen molar-refractivity contribution in [3.05, 3.63) is 60.2 Å². The Morgan fingerprint density at radius 3 is 2.17 bits per heavy atom. The second kappa shape index (κ2) is 8.73. The largest absolute Gasteiger partial charge is 0.385 e. The lowest BCUT2D eigenvalue weighted by atomic mass is 10.1. The zero-order valence-electron chi connectivity index (χ0n) is 14.3. The molecule has 2 N–H and O–H groups in total. The van der Waals surface area contributed by atoms with E-state index in [1.54, 1.807) is 12.1 Å². The molecule has 0 unspecified atom stereocenters. The van der Waals surface area contributed by atoms with Gasteiger partial charge in [0.25, 0.3) is 0 Å². The minimum Gasteiger partial charge on any atom is -0.385 e. The van der Waals surface area contributed by atoms with Crippen LogP contribution in [0.15, 0.2) is 54.6 Å². The zero-order chi connectivity index (χ0) is 17.4. The van der Waals surface area contributed by atoms with Crippen LogP contribution in [0.3, 0.4) is 0 Å². The highest BCUT2D eigenvalue weighted by molar-refractivity contribution is 7.92. The molecule has 0 aromatic heterocycles. The topological polar surface area (TPSA) is 58.2 Å². The molecule has 0 atom stereocenters. The van der Waals surface area contributed by atoms with Gasteiger partial charge >= 0.3 is 0 Å². The third-order valence-corrected chi connectivity index (χ3v) is 5.00. The minimum atomic E-state index is -3.34. The normalized spacial score (nSPS) is 11.5. The summed E-state index contributed by atoms with van der Waals surface area (Å²) in [4.78, 5) is 0. The quantitative estimate of drug-likeness (QED) is 0.718. The Morgan fingerprint density at radius 1 is 0.917 bits per heavy atom. The van der Waals surface area contributed by atoms with Crippen molar-refractivity contribution in [2.75, 3.05) is 22.3 Å². The van der Waals surface area contributed by atoms with Crippen LogP contribution in [0.25, 0.3) is 0 Å². The molecule has 4 nitrogen and oxygen atoms in total. The molecule has 0 aliphatic carbocycles. The zero-order valence-corrected chi connectivity index (χ0v) is 15.1. The van der Waals surface area contributed by atoms with Crippen molar-refractivity contribution < 1.29 is 8.42 Å². The van der Waals surface area contributed by atoms with Gasteiger partial charge in [0.2, 0.25) is 10.0 Å². The van der Waals surface area contributed by atoms with Crippen molar-refractivity contribution >= 4 is 21.4 Å². The Balaban J connectivity index is 1.85. The van der Waals surface area contributed by atoms with Crippen LogP contribution in [0.2, 0.25) is 0 Å². The highest BCUT2D eigenvalue weighted by Gasteiger charge is 2.10. The maximum absolute atomic E-state index is 12.2. The molecule has 2 aromatic carbocycles. The van der Waals surface area contributed by atoms with Gasteiger partial charge in [-0.05, 0) is 48.6 Å². The number of hydrogen-bond donors (Lipinski definition) is 2. The average Bonchev–Trinajstić information content (AvgIpc) is 2.55. The van der Waals surface area contributed by atoms with Crippen LogP contribution in [0, 0.1) is 5.92 Å². The molecule has 24 heavy (non-hydrogen) atoms. The molecule has 0 heterocycles. The van der Waals surface area contributed by atoms with E-state index in [-0.39, 0.29) is 5.75 Å². The van der Waals surface area contributed by atoms with Gasteiger partial charge in [-0.25, -0.2) is 8.42 Å². The molecule has 0 fully saturated rings. The van der Waals surface area contributed by atoms with Crippen LogP contribution < -0.4 is 10.0 Å². The molecule has 0 radical (unpaired) electrons. The summed E-state index contributed by atoms with van der Waals surface area (Å²) in [6.07, 6.45) is 1.61. The predicted molar refractivity (Wildman–Crippen MR) is 102 cm³/mol. The van der Waals surface area contributed by atoms with Crippen LogP contribution in [0.1, 0.15) is 25.8 Å². The number of benzene rings is 2. The van der Waals surface area contributed by atoms with Crippen molar-refractivity contribution in [3.8, 4) is 0 Å². The maximum Gasteiger partial charge on any atom is 0.233 e. The van der Waals surface area contributed by atoms with Gasteiger partial charge in [-0.15, -0.1) is 0 Å². The lowest BCUT2D eigenvalue weighted by Crippen LogP contribution is -2.18. The minimum absolute atomic E-state index is 0.0748. The Hall–Kier alpha value is -2.01. The van der Waals surface area contributed by atoms with E-state index >= 15 is 0 Å². The Labute approximate surface area is 145 Å². The third-order valence-electron chi connectivity index (χ3n) is 3.71. The van der Waals surface area contributed by atoms with Crippen LogP contribution in [-0.2, 0) is 16.4 Å². The smallest absolute Gasteiger partial charge is 0.233 e. The van der Waals surface area contributed by atoms with Gasteiger partial charge < -0.3 is 5.32 Å². The van der Waals surface area contributed by atoms with Gasteiger partial charge in [-0.2, -0.15) is 0 Å². The number of rotatable bonds is 9. The van der Waals surface area contributed by atoms with Crippen molar-refractivity contribution in [1.29, 1.82) is 0 Å². The first-order valence-corrected chi connectivity index (χ1v) is 9.98. The fraction of sp³-hybridized carbons (Fsp3) is 0.368. The predicted octanol–water partition coefficient (Wildman–Crippen LogP) is 4.13. The summed E-state index contributed by atoms with van der Waals surface area (Å²) in [5, 5.41) is 3.34. The summed E-state index contributed by atoms with van der Waals surface area (Å²) in [5.74, 6) is 0.735. The van der Waals surface area contributed by atoms with E-state index in [1.165, 1.54) is 0 Å². The second-order valence-corrected chi connectivity index (χ2v) is 8.19. The van der Waals surface area contributed by atoms with E-state index < -0.39 is 10.0 Å². The third kappa shape index (κ3) is 6.62. The lowest BCUT2D eigenvalue weighted by molar-refractivity contribution is 0.600. The molecule has 5 heteroatoms. The summed E-state index contributed by atoms with van der Waals surface area (Å²) in [7, 11) is -3.34. The molecule has 0 aliphatic heterocycles. The van der Waals surface area contributed by atoms with Crippen LogP contribution >= 0.6 is 0 Å². The van der Waals surface area contributed by atoms with Crippen LogP contribution in [0.4, 0.5) is 11.4 Å². The molecule has 2 aromatic rings. The highest BCUT2D eigenvalue weighted by atomic mass is 32.2. The average molecular weight is 346 g/mol. The van der Waals surface area contributed by atoms with E-state index in [0.717, 1.165) is 24.2 Å². The van der Waals surface area contributed by atoms with E-state index in [9.17, 15) is 8.42 Å². The van der Waals surface area contributed by atoms with E-state index in [2.05, 4.69) is 23.9 Å². The van der Waals surface area contributed by atoms with Crippen molar-refractivity contribution in [3.63, 3.8) is 0 Å². The van der Waals surface area contributed by atoms with Gasteiger partial charge in [0.1, 0.15) is 0 Å². The number of nitrogens with one attached hydrogen (secondary N) is 2. The molecule has 0 aliphatic rings. The summed E-state index contributed by atoms with van der Waals surface area (Å²) >= 11 is 0. The Bertz CT molecular complexity index is 711. The monoisotopic (exact) mass is 346 g/mol. The van der Waals surface area contributed by atoms with E-state index in [0.29, 0.717) is 18.0 Å². The van der Waals surface area contributed by atoms with Gasteiger partial charge in [0, 0.05) is 17.9 Å². The van der Waals surface area contributed by atoms with Gasteiger partial charge in [0.05, 0.1) is 5.75 Å². The first kappa shape index (κ1) is 18.3. The van der Waals surface area contributed by atoms with Crippen molar-refractivity contribution in [2.24, 2.45) is 5.92 Å². The molecular weight excluding hydrogens is 320 g/mol. The summed E-state index contributed by atoms with van der Waals surface area (Å²) in [6, 6.07) is 17.0. The van der Waals surface area contributed by atoms with Crippen molar-refractivity contribution in [1.82, 2.24) is 0 Å². The molecule has 130 valence electrons. The van der Waals surface area contributed by atoms with Crippen LogP contribution in [0.5, 0.6) is 0 Å². The summed E-state index contributed by atoms with van der Waals surface area (Å²) < 4.78 is 27.0. The standard InChI is InChI=1S/C19H26N2O2S/c1-16(2)12-14-20-18-8-10-19(11-9-18)21-24(22,23)15-13-17-6-4-3-5-7-17/h3-11,16,20-21H,12-15H2,1-2H3. The maximum atomic E-state index is 12.2. The number of aryl methyl sites for hydroxylation is 1. The molecule has 0 bridgehead atoms. The number of anilines is 2. The van der Waals surface area contributed by atoms with Gasteiger partial charge in [-0.1, -0.05) is 44.2 Å². The molecular formula is C19H26N2O2S. The molecule has 2 rings (SSSR count). The van der Waals surface area contributed by atoms with Crippen molar-refractivity contribution in [2.45, 2.75) is 26.7 Å². The van der Waals surface area contributed by atoms with E-state index in [1.807, 2.05) is 42.5 Å². The molecule has 0 saturated carbocycles. The molecule has 0 spiro atoms. The second-order valence-electron chi connectivity index (χ2n) is 6.34. The lowest BCUT2D eigenvalue weighted by Gasteiger charge is -2.11. The first-order valence-electron chi connectivity index (χ1n) is 8.33. The first-order chi connectivity index (χ1) is 11.4. The highest BCUT2D eigenvalue weighted by Crippen LogP contribution is 2.16. The SMILES string of the molecule is CC(C)CCNc1ccc(NS(=O)(=O)CCc2ccccc2)cc1. The fourth-order valence-corrected chi connectivity index (χ4v) is 3.39. The molecule has 0 amide bonds. The molecule has 0 saturated heterocycles. The van der Waals surface area contributed by atoms with Crippen LogP contribution in [-0.4, -0.2) is 20.7 Å². The fourth-order valence-electron chi connectivity index (χ4n) is 2.29. The summed E-state index contributed by atoms with van der Waals surface area (Å²) in [5.41, 5.74) is 2.62. The van der Waals surface area contributed by atoms with Gasteiger partial charge in [-0.3, -0.25) is 4.72 Å². The van der Waals surface area contributed by atoms with Gasteiger partial charge in [0.15, 0.2) is 0 Å². The Kier molecular flexibility index (Phi) is 6.67. The summed E-state index contributed by atoms with van der Waals surface area (Å²) in [6.45, 7) is 5.30. The van der Waals surface area contributed by atoms with E-state index in [4.69, 9.17) is 0 Å².